The van der Waals surface area contributed by atoms with Crippen molar-refractivity contribution in [2.24, 2.45) is 10.6 Å². The van der Waals surface area contributed by atoms with Crippen molar-refractivity contribution in [1.82, 2.24) is 10.6 Å². The third kappa shape index (κ3) is 8.31. The summed E-state index contributed by atoms with van der Waals surface area (Å²) in [4.78, 5) is 36.4. The number of nitrogens with one attached hydrogen (secondary N) is 2. The van der Waals surface area contributed by atoms with E-state index in [9.17, 15) is 14.5 Å². The minimum absolute atomic E-state index is 0.0434. The molecule has 0 radical (unpaired) electrons. The molecule has 2 N–H and O–H groups in total. The number of carbonyl (C=O) groups is 2. The van der Waals surface area contributed by atoms with Crippen LogP contribution in [0.4, 0.5) is 0 Å². The third-order valence-corrected chi connectivity index (χ3v) is 5.50. The van der Waals surface area contributed by atoms with Gasteiger partial charge in [0.1, 0.15) is 24.2 Å². The van der Waals surface area contributed by atoms with Gasteiger partial charge in [0.25, 0.3) is 0 Å². The molecule has 1 heterocycles. The number of rotatable bonds is 14. The van der Waals surface area contributed by atoms with Crippen LogP contribution >= 0.6 is 0 Å². The van der Waals surface area contributed by atoms with E-state index >= 15 is 0 Å². The number of nitrogens with zero attached hydrogens (tertiary/aromatic N) is 1. The molecule has 1 aliphatic rings. The summed E-state index contributed by atoms with van der Waals surface area (Å²) in [5, 5.41) is 8.24. The maximum absolute atomic E-state index is 12.9. The number of methoxy groups -OCH3 is 1. The van der Waals surface area contributed by atoms with Crippen molar-refractivity contribution in [2.75, 3.05) is 33.4 Å². The lowest BCUT2D eigenvalue weighted by molar-refractivity contribution is -0.258. The van der Waals surface area contributed by atoms with Gasteiger partial charge in [0.05, 0.1) is 20.3 Å². The summed E-state index contributed by atoms with van der Waals surface area (Å²) in [7, 11) is 1.58. The van der Waals surface area contributed by atoms with E-state index in [4.69, 9.17) is 18.9 Å². The predicted molar refractivity (Wildman–Crippen MR) is 135 cm³/mol. The van der Waals surface area contributed by atoms with Crippen molar-refractivity contribution in [2.45, 2.75) is 38.7 Å². The topological polar surface area (TPSA) is 125 Å². The van der Waals surface area contributed by atoms with E-state index in [-0.39, 0.29) is 32.0 Å². The first-order valence-corrected chi connectivity index (χ1v) is 11.6. The van der Waals surface area contributed by atoms with E-state index < -0.39 is 29.8 Å². The molecule has 1 aromatic rings. The average molecular weight is 502 g/mol. The molecule has 10 heteroatoms. The fourth-order valence-electron chi connectivity index (χ4n) is 3.47. The Kier molecular flexibility index (Phi) is 11.3. The Bertz CT molecular complexity index is 943. The number of allylic oxidation sites excluding steroid dienone is 3. The summed E-state index contributed by atoms with van der Waals surface area (Å²) in [6.07, 6.45) is 3.25. The van der Waals surface area contributed by atoms with Crippen LogP contribution in [-0.4, -0.2) is 57.4 Å². The summed E-state index contributed by atoms with van der Waals surface area (Å²) in [5.74, 6) is 0.314. The molecule has 1 aliphatic heterocycles. The standard InChI is InChI=1S/C26H35N3O7/c1-6-8-19(7-2)34-16-15-28-23(30)21(29-32)13-14-27-24(31)22-26(3,4)17-35-25(36-22)18-9-11-20(33-5)12-10-18/h6-12,21-22,25H,1-2,13-17H2,3-5H3,(H,27,31)(H,28,30). The molecule has 3 unspecified atom stereocenters. The second kappa shape index (κ2) is 14.2. The van der Waals surface area contributed by atoms with E-state index in [1.165, 1.54) is 6.08 Å². The molecule has 1 fully saturated rings. The Balaban J connectivity index is 1.84. The normalized spacial score (nSPS) is 19.9. The molecule has 36 heavy (non-hydrogen) atoms. The lowest BCUT2D eigenvalue weighted by Crippen LogP contribution is -2.52. The van der Waals surface area contributed by atoms with Crippen molar-refractivity contribution >= 4 is 11.8 Å². The third-order valence-electron chi connectivity index (χ3n) is 5.50. The fraction of sp³-hybridized carbons (Fsp3) is 0.462. The van der Waals surface area contributed by atoms with Crippen LogP contribution in [0.3, 0.4) is 0 Å². The van der Waals surface area contributed by atoms with Crippen LogP contribution in [0.25, 0.3) is 0 Å². The second-order valence-electron chi connectivity index (χ2n) is 8.77. The largest absolute Gasteiger partial charge is 0.497 e. The predicted octanol–water partition coefficient (Wildman–Crippen LogP) is 3.17. The first-order chi connectivity index (χ1) is 17.2. The maximum atomic E-state index is 12.9. The van der Waals surface area contributed by atoms with Gasteiger partial charge in [-0.1, -0.05) is 50.4 Å². The van der Waals surface area contributed by atoms with Crippen LogP contribution in [0.15, 0.2) is 66.6 Å². The highest BCUT2D eigenvalue weighted by Gasteiger charge is 2.43. The smallest absolute Gasteiger partial charge is 0.249 e. The Morgan fingerprint density at radius 2 is 1.94 bits per heavy atom. The number of amides is 2. The molecule has 0 saturated carbocycles. The Morgan fingerprint density at radius 3 is 2.56 bits per heavy atom. The molecule has 1 aromatic carbocycles. The average Bonchev–Trinajstić information content (AvgIpc) is 2.88. The van der Waals surface area contributed by atoms with Crippen LogP contribution in [0.5, 0.6) is 5.75 Å². The monoisotopic (exact) mass is 501 g/mol. The molecule has 0 aliphatic carbocycles. The number of carbonyl (C=O) groups excluding carboxylic acids is 2. The maximum Gasteiger partial charge on any atom is 0.249 e. The number of ether oxygens (including phenoxy) is 4. The lowest BCUT2D eigenvalue weighted by Gasteiger charge is -2.41. The van der Waals surface area contributed by atoms with E-state index in [1.54, 1.807) is 31.4 Å². The van der Waals surface area contributed by atoms with Crippen LogP contribution in [0, 0.1) is 10.3 Å². The van der Waals surface area contributed by atoms with Crippen molar-refractivity contribution in [3.8, 4) is 5.75 Å². The minimum Gasteiger partial charge on any atom is -0.497 e. The highest BCUT2D eigenvalue weighted by Crippen LogP contribution is 2.36. The number of hydrogen-bond donors (Lipinski definition) is 2. The quantitative estimate of drug-likeness (QED) is 0.174. The van der Waals surface area contributed by atoms with Crippen molar-refractivity contribution in [3.05, 3.63) is 71.9 Å². The molecule has 1 saturated heterocycles. The first-order valence-electron chi connectivity index (χ1n) is 11.6. The van der Waals surface area contributed by atoms with Crippen LogP contribution < -0.4 is 15.4 Å². The van der Waals surface area contributed by atoms with E-state index in [1.807, 2.05) is 26.0 Å². The summed E-state index contributed by atoms with van der Waals surface area (Å²) in [6, 6.07) is 6.06. The summed E-state index contributed by atoms with van der Waals surface area (Å²) in [5.41, 5.74) is 0.173. The van der Waals surface area contributed by atoms with Crippen LogP contribution in [0.1, 0.15) is 32.1 Å². The molecule has 10 nitrogen and oxygen atoms in total. The summed E-state index contributed by atoms with van der Waals surface area (Å²) >= 11 is 0. The molecule has 0 spiro atoms. The zero-order valence-electron chi connectivity index (χ0n) is 21.0. The van der Waals surface area contributed by atoms with E-state index in [0.717, 1.165) is 5.56 Å². The van der Waals surface area contributed by atoms with Gasteiger partial charge in [0.15, 0.2) is 12.3 Å². The fourth-order valence-corrected chi connectivity index (χ4v) is 3.47. The minimum atomic E-state index is -1.15. The molecule has 2 amide bonds. The van der Waals surface area contributed by atoms with E-state index in [2.05, 4.69) is 29.0 Å². The van der Waals surface area contributed by atoms with Gasteiger partial charge in [-0.25, -0.2) is 0 Å². The summed E-state index contributed by atoms with van der Waals surface area (Å²) in [6.45, 7) is 11.7. The van der Waals surface area contributed by atoms with Crippen LogP contribution in [-0.2, 0) is 23.8 Å². The van der Waals surface area contributed by atoms with Gasteiger partial charge < -0.3 is 29.6 Å². The Morgan fingerprint density at radius 1 is 1.22 bits per heavy atom. The van der Waals surface area contributed by atoms with Gasteiger partial charge >= 0.3 is 0 Å². The van der Waals surface area contributed by atoms with Gasteiger partial charge in [-0.05, 0) is 30.7 Å². The van der Waals surface area contributed by atoms with Crippen molar-refractivity contribution in [1.29, 1.82) is 0 Å². The zero-order valence-corrected chi connectivity index (χ0v) is 21.0. The van der Waals surface area contributed by atoms with Gasteiger partial charge in [-0.2, -0.15) is 0 Å². The molecule has 0 bridgehead atoms. The van der Waals surface area contributed by atoms with Crippen molar-refractivity contribution < 1.29 is 28.5 Å². The van der Waals surface area contributed by atoms with Gasteiger partial charge in [-0.3, -0.25) is 9.59 Å². The first kappa shape index (κ1) is 28.7. The summed E-state index contributed by atoms with van der Waals surface area (Å²) < 4.78 is 22.4. The van der Waals surface area contributed by atoms with Gasteiger partial charge in [0.2, 0.25) is 11.8 Å². The zero-order chi connectivity index (χ0) is 26.6. The molecular weight excluding hydrogens is 466 g/mol. The molecule has 3 atom stereocenters. The highest BCUT2D eigenvalue weighted by molar-refractivity contribution is 5.83. The number of benzene rings is 1. The van der Waals surface area contributed by atoms with Crippen LogP contribution in [0.2, 0.25) is 0 Å². The SMILES string of the molecule is C=CC=C(C=C)OCCNC(=O)C(CCNC(=O)C1OC(c2ccc(OC)cc2)OCC1(C)C)N=O. The molecule has 2 rings (SSSR count). The molecule has 196 valence electrons. The lowest BCUT2D eigenvalue weighted by atomic mass is 9.85. The van der Waals surface area contributed by atoms with Gasteiger partial charge in [-0.15, -0.1) is 4.91 Å². The van der Waals surface area contributed by atoms with E-state index in [0.29, 0.717) is 18.1 Å². The highest BCUT2D eigenvalue weighted by atomic mass is 16.7. The number of hydrogen-bond acceptors (Lipinski definition) is 8. The number of nitroso groups, excluding NO2 is 1. The van der Waals surface area contributed by atoms with Crippen molar-refractivity contribution in [3.63, 3.8) is 0 Å². The van der Waals surface area contributed by atoms with Gasteiger partial charge in [0, 0.05) is 17.5 Å². The molecule has 0 aromatic heterocycles. The molecular formula is C26H35N3O7. The second-order valence-corrected chi connectivity index (χ2v) is 8.77. The Hall–Kier alpha value is -3.50. The Labute approximate surface area is 211 Å².